The second kappa shape index (κ2) is 8.24. The molecule has 2 amide bonds. The molecule has 27 heavy (non-hydrogen) atoms. The molecule has 0 spiro atoms. The number of rotatable bonds is 4. The van der Waals surface area contributed by atoms with E-state index >= 15 is 4.39 Å². The summed E-state index contributed by atoms with van der Waals surface area (Å²) in [5.41, 5.74) is -1.78. The molecular weight excluding hydrogens is 377 g/mol. The molecule has 150 valence electrons. The molecule has 2 N–H and O–H groups in total. The number of halogens is 2. The van der Waals surface area contributed by atoms with Crippen LogP contribution in [-0.4, -0.2) is 65.0 Å². The van der Waals surface area contributed by atoms with Gasteiger partial charge in [-0.15, -0.1) is 10.2 Å². The van der Waals surface area contributed by atoms with Gasteiger partial charge >= 0.3 is 6.09 Å². The molecule has 2 heterocycles. The van der Waals surface area contributed by atoms with E-state index in [1.807, 2.05) is 0 Å². The zero-order valence-electron chi connectivity index (χ0n) is 15.9. The van der Waals surface area contributed by atoms with Crippen LogP contribution in [0.1, 0.15) is 44.1 Å². The Hall–Kier alpha value is -2.16. The second-order valence-corrected chi connectivity index (χ2v) is 7.87. The van der Waals surface area contributed by atoms with E-state index in [9.17, 15) is 9.59 Å². The molecule has 0 unspecified atom stereocenters. The number of hydrogen-bond donors (Lipinski definition) is 2. The monoisotopic (exact) mass is 401 g/mol. The first-order valence-electron chi connectivity index (χ1n) is 8.69. The molecule has 0 aromatic carbocycles. The van der Waals surface area contributed by atoms with Crippen molar-refractivity contribution >= 4 is 29.3 Å². The summed E-state index contributed by atoms with van der Waals surface area (Å²) in [5.74, 6) is -0.450. The predicted octanol–water partition coefficient (Wildman–Crippen LogP) is 2.64. The number of amides is 2. The van der Waals surface area contributed by atoms with Crippen molar-refractivity contribution in [1.82, 2.24) is 20.4 Å². The van der Waals surface area contributed by atoms with Crippen LogP contribution in [0.25, 0.3) is 0 Å². The Morgan fingerprint density at radius 2 is 1.96 bits per heavy atom. The second-order valence-electron chi connectivity index (χ2n) is 7.48. The summed E-state index contributed by atoms with van der Waals surface area (Å²) in [7, 11) is 1.46. The Labute approximate surface area is 162 Å². The molecule has 0 radical (unpaired) electrons. The molecule has 0 saturated carbocycles. The highest BCUT2D eigenvalue weighted by molar-refractivity contribution is 6.29. The number of piperidine rings is 1. The number of likely N-dealkylation sites (tertiary alicyclic amines) is 1. The Bertz CT molecular complexity index is 702. The van der Waals surface area contributed by atoms with Crippen LogP contribution in [0.3, 0.4) is 0 Å². The van der Waals surface area contributed by atoms with Crippen LogP contribution in [-0.2, 0) is 4.74 Å². The molecule has 0 atom stereocenters. The van der Waals surface area contributed by atoms with Gasteiger partial charge in [0.05, 0.1) is 5.69 Å². The highest BCUT2D eigenvalue weighted by Crippen LogP contribution is 2.29. The Morgan fingerprint density at radius 3 is 2.52 bits per heavy atom. The van der Waals surface area contributed by atoms with Crippen molar-refractivity contribution in [3.63, 3.8) is 0 Å². The van der Waals surface area contributed by atoms with Crippen molar-refractivity contribution in [3.05, 3.63) is 16.9 Å². The van der Waals surface area contributed by atoms with Crippen molar-refractivity contribution in [2.24, 2.45) is 0 Å². The lowest BCUT2D eigenvalue weighted by Gasteiger charge is -2.37. The Kier molecular flexibility index (Phi) is 6.46. The predicted molar refractivity (Wildman–Crippen MR) is 99.8 cm³/mol. The molecular formula is C17H25ClFN5O3. The van der Waals surface area contributed by atoms with Gasteiger partial charge in [0.2, 0.25) is 0 Å². The average Bonchev–Trinajstić information content (AvgIpc) is 2.58. The van der Waals surface area contributed by atoms with Crippen molar-refractivity contribution in [2.45, 2.75) is 44.9 Å². The Balaban J connectivity index is 1.97. The van der Waals surface area contributed by atoms with E-state index in [0.717, 1.165) is 0 Å². The quantitative estimate of drug-likeness (QED) is 0.805. The first kappa shape index (κ1) is 21.1. The minimum absolute atomic E-state index is 0.0386. The number of carbonyl (C=O) groups excluding carboxylic acids is 2. The molecule has 10 heteroatoms. The summed E-state index contributed by atoms with van der Waals surface area (Å²) in [6.07, 6.45) is -0.133. The van der Waals surface area contributed by atoms with E-state index < -0.39 is 23.3 Å². The van der Waals surface area contributed by atoms with Crippen LogP contribution in [0.4, 0.5) is 14.9 Å². The first-order valence-corrected chi connectivity index (χ1v) is 9.07. The molecule has 8 nitrogen and oxygen atoms in total. The van der Waals surface area contributed by atoms with E-state index in [-0.39, 0.29) is 43.3 Å². The van der Waals surface area contributed by atoms with Gasteiger partial charge in [0, 0.05) is 45.6 Å². The van der Waals surface area contributed by atoms with Crippen molar-refractivity contribution < 1.29 is 18.7 Å². The van der Waals surface area contributed by atoms with E-state index in [2.05, 4.69) is 20.8 Å². The third kappa shape index (κ3) is 5.92. The number of ether oxygens (including phenoxy) is 1. The zero-order chi connectivity index (χ0) is 20.2. The van der Waals surface area contributed by atoms with Gasteiger partial charge in [0.1, 0.15) is 11.3 Å². The minimum Gasteiger partial charge on any atom is -0.444 e. The third-order valence-electron chi connectivity index (χ3n) is 4.11. The van der Waals surface area contributed by atoms with Gasteiger partial charge in [0.15, 0.2) is 10.8 Å². The van der Waals surface area contributed by atoms with E-state index in [1.54, 1.807) is 20.8 Å². The highest BCUT2D eigenvalue weighted by atomic mass is 35.5. The number of hydrogen-bond acceptors (Lipinski definition) is 6. The SMILES string of the molecule is CNC(=O)c1nnc(Cl)cc1NCC1(F)CCN(C(=O)OC(C)(C)C)CC1. The van der Waals surface area contributed by atoms with Crippen LogP contribution in [0.5, 0.6) is 0 Å². The average molecular weight is 402 g/mol. The smallest absolute Gasteiger partial charge is 0.410 e. The van der Waals surface area contributed by atoms with Crippen molar-refractivity contribution in [3.8, 4) is 0 Å². The highest BCUT2D eigenvalue weighted by Gasteiger charge is 2.37. The fraction of sp³-hybridized carbons (Fsp3) is 0.647. The van der Waals surface area contributed by atoms with Crippen LogP contribution in [0.2, 0.25) is 5.15 Å². The van der Waals surface area contributed by atoms with Crippen LogP contribution >= 0.6 is 11.6 Å². The molecule has 1 aromatic rings. The van der Waals surface area contributed by atoms with Gasteiger partial charge in [-0.1, -0.05) is 11.6 Å². The number of anilines is 1. The van der Waals surface area contributed by atoms with Crippen molar-refractivity contribution in [1.29, 1.82) is 0 Å². The summed E-state index contributed by atoms with van der Waals surface area (Å²) >= 11 is 5.83. The lowest BCUT2D eigenvalue weighted by atomic mass is 9.93. The molecule has 2 rings (SSSR count). The molecule has 1 aliphatic heterocycles. The number of carbonyl (C=O) groups is 2. The van der Waals surface area contributed by atoms with Gasteiger partial charge in [0.25, 0.3) is 5.91 Å². The summed E-state index contributed by atoms with van der Waals surface area (Å²) in [5, 5.41) is 12.8. The molecule has 1 aliphatic rings. The van der Waals surface area contributed by atoms with Gasteiger partial charge in [-0.3, -0.25) is 4.79 Å². The standard InChI is InChI=1S/C17H25ClFN5O3/c1-16(2,3)27-15(26)24-7-5-17(19,6-8-24)10-21-11-9-12(18)22-23-13(11)14(25)20-4/h9H,5-8,10H2,1-4H3,(H,20,25)(H,21,22). The maximum absolute atomic E-state index is 15.1. The van der Waals surface area contributed by atoms with Crippen LogP contribution in [0, 0.1) is 0 Å². The normalized spacial score (nSPS) is 16.6. The molecule has 1 fully saturated rings. The lowest BCUT2D eigenvalue weighted by Crippen LogP contribution is -2.48. The number of aromatic nitrogens is 2. The summed E-state index contributed by atoms with van der Waals surface area (Å²) in [6, 6.07) is 1.43. The van der Waals surface area contributed by atoms with E-state index in [4.69, 9.17) is 16.3 Å². The van der Waals surface area contributed by atoms with E-state index in [1.165, 1.54) is 18.0 Å². The molecule has 0 aliphatic carbocycles. The molecule has 1 aromatic heterocycles. The van der Waals surface area contributed by atoms with Gasteiger partial charge in [-0.2, -0.15) is 0 Å². The summed E-state index contributed by atoms with van der Waals surface area (Å²) in [6.45, 7) is 5.83. The summed E-state index contributed by atoms with van der Waals surface area (Å²) in [4.78, 5) is 25.4. The minimum atomic E-state index is -1.53. The Morgan fingerprint density at radius 1 is 1.33 bits per heavy atom. The lowest BCUT2D eigenvalue weighted by molar-refractivity contribution is 0.00574. The molecule has 0 bridgehead atoms. The van der Waals surface area contributed by atoms with Gasteiger partial charge in [-0.25, -0.2) is 9.18 Å². The van der Waals surface area contributed by atoms with Gasteiger partial charge < -0.3 is 20.3 Å². The zero-order valence-corrected chi connectivity index (χ0v) is 16.7. The van der Waals surface area contributed by atoms with E-state index in [0.29, 0.717) is 5.69 Å². The third-order valence-corrected chi connectivity index (χ3v) is 4.30. The number of nitrogens with zero attached hydrogens (tertiary/aromatic N) is 3. The van der Waals surface area contributed by atoms with Crippen molar-refractivity contribution in [2.75, 3.05) is 32.0 Å². The topological polar surface area (TPSA) is 96.5 Å². The fourth-order valence-corrected chi connectivity index (χ4v) is 2.78. The largest absolute Gasteiger partial charge is 0.444 e. The summed E-state index contributed by atoms with van der Waals surface area (Å²) < 4.78 is 20.5. The van der Waals surface area contributed by atoms with Gasteiger partial charge in [-0.05, 0) is 20.8 Å². The van der Waals surface area contributed by atoms with Crippen LogP contribution in [0.15, 0.2) is 6.07 Å². The maximum Gasteiger partial charge on any atom is 0.410 e. The fourth-order valence-electron chi connectivity index (χ4n) is 2.64. The maximum atomic E-state index is 15.1. The van der Waals surface area contributed by atoms with Crippen LogP contribution < -0.4 is 10.6 Å². The number of nitrogens with one attached hydrogen (secondary N) is 2. The molecule has 1 saturated heterocycles. The first-order chi connectivity index (χ1) is 12.5. The number of alkyl halides is 1.